The lowest BCUT2D eigenvalue weighted by molar-refractivity contribution is 0.285. The minimum atomic E-state index is 0.0428. The topological polar surface area (TPSA) is 78.0 Å². The number of hydrogen-bond donors (Lipinski definition) is 2. The lowest BCUT2D eigenvalue weighted by atomic mass is 9.96. The van der Waals surface area contributed by atoms with Gasteiger partial charge in [-0.25, -0.2) is 0 Å². The Kier molecular flexibility index (Phi) is 4.79. The number of oxime groups is 1. The van der Waals surface area contributed by atoms with Gasteiger partial charge >= 0.3 is 0 Å². The summed E-state index contributed by atoms with van der Waals surface area (Å²) in [6.07, 6.45) is 4.21. The molecule has 1 saturated heterocycles. The Bertz CT molecular complexity index is 449. The van der Waals surface area contributed by atoms with Gasteiger partial charge in [-0.2, -0.15) is 0 Å². The average Bonchev–Trinajstić information content (AvgIpc) is 2.47. The molecular weight excluding hydrogens is 254 g/mol. The third-order valence-corrected chi connectivity index (χ3v) is 3.72. The molecule has 0 saturated carbocycles. The van der Waals surface area contributed by atoms with E-state index in [1.54, 1.807) is 12.3 Å². The van der Waals surface area contributed by atoms with Crippen molar-refractivity contribution >= 4 is 11.5 Å². The standard InChI is InChI=1S/C14H23N5O/c1-18(2)10-11-5-7-19(8-6-11)12-3-4-13(16-9-12)14(15)17-20/h3-4,9,11,20H,5-8,10H2,1-2H3,(H2,15,17). The SMILES string of the molecule is CN(C)CC1CCN(c2ccc(/C(N)=N/O)nc2)CC1. The normalized spacial score (nSPS) is 17.8. The fourth-order valence-electron chi connectivity index (χ4n) is 2.67. The molecule has 2 rings (SSSR count). The second kappa shape index (κ2) is 6.56. The van der Waals surface area contributed by atoms with Crippen LogP contribution in [-0.2, 0) is 0 Å². The van der Waals surface area contributed by atoms with Gasteiger partial charge in [-0.3, -0.25) is 4.98 Å². The number of anilines is 1. The Labute approximate surface area is 119 Å². The average molecular weight is 277 g/mol. The zero-order chi connectivity index (χ0) is 14.5. The zero-order valence-corrected chi connectivity index (χ0v) is 12.2. The van der Waals surface area contributed by atoms with Crippen LogP contribution in [0.4, 0.5) is 5.69 Å². The molecule has 1 aliphatic heterocycles. The number of piperidine rings is 1. The molecule has 110 valence electrons. The van der Waals surface area contributed by atoms with E-state index in [0.717, 1.165) is 31.2 Å². The lowest BCUT2D eigenvalue weighted by Crippen LogP contribution is -2.37. The maximum absolute atomic E-state index is 8.62. The molecule has 1 aromatic rings. The van der Waals surface area contributed by atoms with Crippen molar-refractivity contribution in [3.05, 3.63) is 24.0 Å². The molecule has 0 amide bonds. The fraction of sp³-hybridized carbons (Fsp3) is 0.571. The first kappa shape index (κ1) is 14.6. The summed E-state index contributed by atoms with van der Waals surface area (Å²) in [4.78, 5) is 8.83. The maximum Gasteiger partial charge on any atom is 0.188 e. The Balaban J connectivity index is 1.94. The van der Waals surface area contributed by atoms with E-state index in [0.29, 0.717) is 5.69 Å². The smallest absolute Gasteiger partial charge is 0.188 e. The molecule has 0 aromatic carbocycles. The van der Waals surface area contributed by atoms with Gasteiger partial charge in [0.15, 0.2) is 5.84 Å². The summed E-state index contributed by atoms with van der Waals surface area (Å²) in [5.41, 5.74) is 7.11. The summed E-state index contributed by atoms with van der Waals surface area (Å²) >= 11 is 0. The molecule has 0 atom stereocenters. The number of nitrogens with two attached hydrogens (primary N) is 1. The van der Waals surface area contributed by atoms with Crippen molar-refractivity contribution in [1.29, 1.82) is 0 Å². The maximum atomic E-state index is 8.62. The number of rotatable bonds is 4. The van der Waals surface area contributed by atoms with Gasteiger partial charge in [0.2, 0.25) is 0 Å². The van der Waals surface area contributed by atoms with E-state index >= 15 is 0 Å². The minimum Gasteiger partial charge on any atom is -0.409 e. The number of nitrogens with zero attached hydrogens (tertiary/aromatic N) is 4. The predicted octanol–water partition coefficient (Wildman–Crippen LogP) is 0.954. The summed E-state index contributed by atoms with van der Waals surface area (Å²) < 4.78 is 0. The molecule has 1 fully saturated rings. The summed E-state index contributed by atoms with van der Waals surface area (Å²) in [6.45, 7) is 3.28. The molecule has 3 N–H and O–H groups in total. The van der Waals surface area contributed by atoms with Gasteiger partial charge in [-0.1, -0.05) is 5.16 Å². The van der Waals surface area contributed by atoms with E-state index in [2.05, 4.69) is 34.0 Å². The van der Waals surface area contributed by atoms with Crippen LogP contribution in [0.2, 0.25) is 0 Å². The second-order valence-corrected chi connectivity index (χ2v) is 5.58. The molecule has 6 heteroatoms. The van der Waals surface area contributed by atoms with Crippen LogP contribution < -0.4 is 10.6 Å². The molecule has 0 bridgehead atoms. The largest absolute Gasteiger partial charge is 0.409 e. The van der Waals surface area contributed by atoms with Crippen molar-refractivity contribution in [3.63, 3.8) is 0 Å². The van der Waals surface area contributed by atoms with Crippen LogP contribution >= 0.6 is 0 Å². The lowest BCUT2D eigenvalue weighted by Gasteiger charge is -2.34. The summed E-state index contributed by atoms with van der Waals surface area (Å²) in [6, 6.07) is 3.77. The van der Waals surface area contributed by atoms with Crippen molar-refractivity contribution in [1.82, 2.24) is 9.88 Å². The molecule has 0 radical (unpaired) electrons. The molecule has 20 heavy (non-hydrogen) atoms. The van der Waals surface area contributed by atoms with E-state index in [1.165, 1.54) is 12.8 Å². The van der Waals surface area contributed by atoms with Gasteiger partial charge in [-0.05, 0) is 45.0 Å². The molecule has 0 aliphatic carbocycles. The molecule has 6 nitrogen and oxygen atoms in total. The number of aromatic nitrogens is 1. The Morgan fingerprint density at radius 3 is 2.65 bits per heavy atom. The van der Waals surface area contributed by atoms with Crippen LogP contribution in [0.5, 0.6) is 0 Å². The molecule has 1 aromatic heterocycles. The quantitative estimate of drug-likeness (QED) is 0.371. The highest BCUT2D eigenvalue weighted by Crippen LogP contribution is 2.23. The van der Waals surface area contributed by atoms with Gasteiger partial charge in [0, 0.05) is 19.6 Å². The molecule has 0 spiro atoms. The number of pyridine rings is 1. The monoisotopic (exact) mass is 277 g/mol. The third-order valence-electron chi connectivity index (χ3n) is 3.72. The van der Waals surface area contributed by atoms with E-state index in [4.69, 9.17) is 10.9 Å². The van der Waals surface area contributed by atoms with Gasteiger partial charge in [0.05, 0.1) is 11.9 Å². The highest BCUT2D eigenvalue weighted by molar-refractivity contribution is 5.95. The minimum absolute atomic E-state index is 0.0428. The molecule has 1 aliphatic rings. The first-order valence-corrected chi connectivity index (χ1v) is 6.93. The fourth-order valence-corrected chi connectivity index (χ4v) is 2.67. The van der Waals surface area contributed by atoms with E-state index in [1.807, 2.05) is 6.07 Å². The van der Waals surface area contributed by atoms with Gasteiger partial charge < -0.3 is 20.7 Å². The van der Waals surface area contributed by atoms with Crippen LogP contribution in [0, 0.1) is 5.92 Å². The van der Waals surface area contributed by atoms with Crippen molar-refractivity contribution in [3.8, 4) is 0 Å². The van der Waals surface area contributed by atoms with Crippen molar-refractivity contribution in [2.45, 2.75) is 12.8 Å². The first-order valence-electron chi connectivity index (χ1n) is 6.93. The summed E-state index contributed by atoms with van der Waals surface area (Å²) in [5, 5.41) is 11.6. The van der Waals surface area contributed by atoms with Crippen LogP contribution in [0.3, 0.4) is 0 Å². The van der Waals surface area contributed by atoms with Crippen molar-refractivity contribution < 1.29 is 5.21 Å². The van der Waals surface area contributed by atoms with Gasteiger partial charge in [-0.15, -0.1) is 0 Å². The van der Waals surface area contributed by atoms with E-state index < -0.39 is 0 Å². The summed E-state index contributed by atoms with van der Waals surface area (Å²) in [7, 11) is 4.25. The predicted molar refractivity (Wildman–Crippen MR) is 80.2 cm³/mol. The number of amidine groups is 1. The second-order valence-electron chi connectivity index (χ2n) is 5.58. The van der Waals surface area contributed by atoms with E-state index in [-0.39, 0.29) is 5.84 Å². The Hall–Kier alpha value is -1.82. The molecule has 0 unspecified atom stereocenters. The highest BCUT2D eigenvalue weighted by Gasteiger charge is 2.20. The van der Waals surface area contributed by atoms with Gasteiger partial charge in [0.1, 0.15) is 5.69 Å². The van der Waals surface area contributed by atoms with Crippen LogP contribution in [-0.4, -0.2) is 54.7 Å². The van der Waals surface area contributed by atoms with Crippen LogP contribution in [0.1, 0.15) is 18.5 Å². The van der Waals surface area contributed by atoms with Crippen molar-refractivity contribution in [2.75, 3.05) is 38.6 Å². The van der Waals surface area contributed by atoms with Crippen LogP contribution in [0.25, 0.3) is 0 Å². The Morgan fingerprint density at radius 1 is 1.45 bits per heavy atom. The van der Waals surface area contributed by atoms with Gasteiger partial charge in [0.25, 0.3) is 0 Å². The first-order chi connectivity index (χ1) is 9.60. The Morgan fingerprint density at radius 2 is 2.15 bits per heavy atom. The highest BCUT2D eigenvalue weighted by atomic mass is 16.4. The van der Waals surface area contributed by atoms with Crippen molar-refractivity contribution in [2.24, 2.45) is 16.8 Å². The van der Waals surface area contributed by atoms with Crippen LogP contribution in [0.15, 0.2) is 23.5 Å². The molecule has 2 heterocycles. The number of hydrogen-bond acceptors (Lipinski definition) is 5. The third kappa shape index (κ3) is 3.60. The van der Waals surface area contributed by atoms with E-state index in [9.17, 15) is 0 Å². The molecular formula is C14H23N5O. The zero-order valence-electron chi connectivity index (χ0n) is 12.2. The summed E-state index contributed by atoms with van der Waals surface area (Å²) in [5.74, 6) is 0.826.